The molecule has 4 heteroatoms. The van der Waals surface area contributed by atoms with Gasteiger partial charge in [-0.15, -0.1) is 0 Å². The van der Waals surface area contributed by atoms with Crippen LogP contribution in [0, 0.1) is 5.92 Å². The lowest BCUT2D eigenvalue weighted by atomic mass is 9.85. The highest BCUT2D eigenvalue weighted by atomic mass is 32.2. The first-order chi connectivity index (χ1) is 9.60. The Labute approximate surface area is 126 Å². The van der Waals surface area contributed by atoms with Gasteiger partial charge in [0.25, 0.3) is 5.56 Å². The van der Waals surface area contributed by atoms with Gasteiger partial charge in [0.1, 0.15) is 0 Å². The van der Waals surface area contributed by atoms with E-state index >= 15 is 0 Å². The third kappa shape index (κ3) is 4.11. The van der Waals surface area contributed by atoms with Crippen LogP contribution in [0.1, 0.15) is 64.1 Å². The predicted molar refractivity (Wildman–Crippen MR) is 85.5 cm³/mol. The zero-order valence-electron chi connectivity index (χ0n) is 12.9. The van der Waals surface area contributed by atoms with Crippen molar-refractivity contribution in [2.24, 2.45) is 5.92 Å². The standard InChI is InChI=1S/C16H26N2OS/c1-4-13-14(10-12-8-6-5-7-9-12)17-16(18-15(13)19)20-11(2)3/h11-12H,4-10H2,1-3H3,(H,17,18,19). The minimum absolute atomic E-state index is 0.0662. The third-order valence-corrected chi connectivity index (χ3v) is 4.88. The molecule has 2 rings (SSSR count). The average molecular weight is 294 g/mol. The minimum atomic E-state index is 0.0662. The highest BCUT2D eigenvalue weighted by molar-refractivity contribution is 7.99. The van der Waals surface area contributed by atoms with Crippen LogP contribution in [0.5, 0.6) is 0 Å². The number of nitrogens with zero attached hydrogens (tertiary/aromatic N) is 1. The van der Waals surface area contributed by atoms with Crippen molar-refractivity contribution < 1.29 is 0 Å². The van der Waals surface area contributed by atoms with Crippen LogP contribution < -0.4 is 5.56 Å². The number of H-pyrrole nitrogens is 1. The molecule has 1 heterocycles. The minimum Gasteiger partial charge on any atom is -0.301 e. The summed E-state index contributed by atoms with van der Waals surface area (Å²) in [5.41, 5.74) is 2.01. The number of rotatable bonds is 5. The van der Waals surface area contributed by atoms with Gasteiger partial charge in [0.2, 0.25) is 0 Å². The van der Waals surface area contributed by atoms with Crippen LogP contribution in [0.25, 0.3) is 0 Å². The molecule has 0 aliphatic heterocycles. The van der Waals surface area contributed by atoms with Gasteiger partial charge in [-0.05, 0) is 18.8 Å². The zero-order chi connectivity index (χ0) is 14.5. The zero-order valence-corrected chi connectivity index (χ0v) is 13.7. The Kier molecular flexibility index (Phi) is 5.70. The molecule has 0 saturated heterocycles. The molecule has 0 bridgehead atoms. The van der Waals surface area contributed by atoms with Crippen LogP contribution >= 0.6 is 11.8 Å². The van der Waals surface area contributed by atoms with Crippen molar-refractivity contribution in [1.29, 1.82) is 0 Å². The highest BCUT2D eigenvalue weighted by Gasteiger charge is 2.18. The van der Waals surface area contributed by atoms with Crippen molar-refractivity contribution >= 4 is 11.8 Å². The van der Waals surface area contributed by atoms with E-state index in [9.17, 15) is 4.79 Å². The van der Waals surface area contributed by atoms with Crippen molar-refractivity contribution in [2.45, 2.75) is 76.1 Å². The van der Waals surface area contributed by atoms with E-state index in [0.29, 0.717) is 5.25 Å². The predicted octanol–water partition coefficient (Wildman–Crippen LogP) is 3.96. The molecular weight excluding hydrogens is 268 g/mol. The largest absolute Gasteiger partial charge is 0.301 e. The maximum Gasteiger partial charge on any atom is 0.254 e. The molecule has 0 unspecified atom stereocenters. The summed E-state index contributed by atoms with van der Waals surface area (Å²) in [5.74, 6) is 0.722. The first kappa shape index (κ1) is 15.6. The van der Waals surface area contributed by atoms with Crippen molar-refractivity contribution in [3.8, 4) is 0 Å². The van der Waals surface area contributed by atoms with Crippen LogP contribution in [-0.2, 0) is 12.8 Å². The summed E-state index contributed by atoms with van der Waals surface area (Å²) in [5, 5.41) is 1.22. The number of hydrogen-bond acceptors (Lipinski definition) is 3. The highest BCUT2D eigenvalue weighted by Crippen LogP contribution is 2.27. The quantitative estimate of drug-likeness (QED) is 0.660. The fourth-order valence-corrected chi connectivity index (χ4v) is 3.76. The SMILES string of the molecule is CCc1c(CC2CCCCC2)nc(SC(C)C)[nH]c1=O. The molecule has 0 spiro atoms. The average Bonchev–Trinajstić information content (AvgIpc) is 2.39. The summed E-state index contributed by atoms with van der Waals surface area (Å²) >= 11 is 1.64. The summed E-state index contributed by atoms with van der Waals surface area (Å²) in [4.78, 5) is 19.9. The van der Waals surface area contributed by atoms with Gasteiger partial charge >= 0.3 is 0 Å². The molecule has 20 heavy (non-hydrogen) atoms. The Bertz CT molecular complexity index is 490. The van der Waals surface area contributed by atoms with E-state index in [1.54, 1.807) is 11.8 Å². The smallest absolute Gasteiger partial charge is 0.254 e. The van der Waals surface area contributed by atoms with Crippen LogP contribution in [0.4, 0.5) is 0 Å². The molecule has 112 valence electrons. The molecule has 1 N–H and O–H groups in total. The first-order valence-corrected chi connectivity index (χ1v) is 8.76. The summed E-state index contributed by atoms with van der Waals surface area (Å²) in [6.07, 6.45) is 8.39. The third-order valence-electron chi connectivity index (χ3n) is 3.99. The second-order valence-electron chi connectivity index (χ2n) is 6.02. The topological polar surface area (TPSA) is 45.8 Å². The van der Waals surface area contributed by atoms with Crippen LogP contribution in [0.15, 0.2) is 9.95 Å². The molecular formula is C16H26N2OS. The summed E-state index contributed by atoms with van der Waals surface area (Å²) in [7, 11) is 0. The fourth-order valence-electron chi connectivity index (χ4n) is 3.00. The summed E-state index contributed by atoms with van der Waals surface area (Å²) in [6, 6.07) is 0. The lowest BCUT2D eigenvalue weighted by molar-refractivity contribution is 0.352. The van der Waals surface area contributed by atoms with Crippen molar-refractivity contribution in [1.82, 2.24) is 9.97 Å². The van der Waals surface area contributed by atoms with E-state index < -0.39 is 0 Å². The number of aromatic nitrogens is 2. The van der Waals surface area contributed by atoms with Gasteiger partial charge < -0.3 is 4.98 Å². The number of nitrogens with one attached hydrogen (secondary N) is 1. The van der Waals surface area contributed by atoms with E-state index in [1.807, 2.05) is 6.92 Å². The normalized spacial score (nSPS) is 16.8. The van der Waals surface area contributed by atoms with E-state index in [-0.39, 0.29) is 5.56 Å². The first-order valence-electron chi connectivity index (χ1n) is 7.88. The van der Waals surface area contributed by atoms with Crippen LogP contribution in [0.3, 0.4) is 0 Å². The van der Waals surface area contributed by atoms with Crippen LogP contribution in [-0.4, -0.2) is 15.2 Å². The molecule has 0 atom stereocenters. The van der Waals surface area contributed by atoms with Crippen molar-refractivity contribution in [3.63, 3.8) is 0 Å². The number of hydrogen-bond donors (Lipinski definition) is 1. The molecule has 1 aliphatic rings. The lowest BCUT2D eigenvalue weighted by Crippen LogP contribution is -2.21. The fraction of sp³-hybridized carbons (Fsp3) is 0.750. The molecule has 1 saturated carbocycles. The molecule has 0 amide bonds. The number of thioether (sulfide) groups is 1. The Morgan fingerprint density at radius 3 is 2.60 bits per heavy atom. The maximum absolute atomic E-state index is 12.2. The Hall–Kier alpha value is -0.770. The van der Waals surface area contributed by atoms with Gasteiger partial charge in [-0.2, -0.15) is 0 Å². The number of aromatic amines is 1. The van der Waals surface area contributed by atoms with Crippen molar-refractivity contribution in [3.05, 3.63) is 21.6 Å². The van der Waals surface area contributed by atoms with Gasteiger partial charge in [-0.1, -0.05) is 64.6 Å². The Morgan fingerprint density at radius 2 is 2.00 bits per heavy atom. The van der Waals surface area contributed by atoms with E-state index in [4.69, 9.17) is 4.98 Å². The summed E-state index contributed by atoms with van der Waals surface area (Å²) in [6.45, 7) is 6.30. The monoisotopic (exact) mass is 294 g/mol. The Balaban J connectivity index is 2.23. The Morgan fingerprint density at radius 1 is 1.30 bits per heavy atom. The molecule has 0 aromatic carbocycles. The van der Waals surface area contributed by atoms with E-state index in [1.165, 1.54) is 32.1 Å². The molecule has 1 aromatic heterocycles. The molecule has 3 nitrogen and oxygen atoms in total. The molecule has 1 fully saturated rings. The second-order valence-corrected chi connectivity index (χ2v) is 7.59. The van der Waals surface area contributed by atoms with Gasteiger partial charge in [-0.3, -0.25) is 4.79 Å². The molecule has 1 aliphatic carbocycles. The van der Waals surface area contributed by atoms with Gasteiger partial charge in [0, 0.05) is 10.8 Å². The maximum atomic E-state index is 12.2. The molecule has 1 aromatic rings. The van der Waals surface area contributed by atoms with Gasteiger partial charge in [0.15, 0.2) is 5.16 Å². The van der Waals surface area contributed by atoms with Crippen molar-refractivity contribution in [2.75, 3.05) is 0 Å². The lowest BCUT2D eigenvalue weighted by Gasteiger charge is -2.22. The second kappa shape index (κ2) is 7.30. The van der Waals surface area contributed by atoms with Crippen LogP contribution in [0.2, 0.25) is 0 Å². The molecule has 0 radical (unpaired) electrons. The van der Waals surface area contributed by atoms with E-state index in [0.717, 1.165) is 35.2 Å². The van der Waals surface area contributed by atoms with Gasteiger partial charge in [0.05, 0.1) is 5.69 Å². The summed E-state index contributed by atoms with van der Waals surface area (Å²) < 4.78 is 0. The van der Waals surface area contributed by atoms with E-state index in [2.05, 4.69) is 18.8 Å². The van der Waals surface area contributed by atoms with Gasteiger partial charge in [-0.25, -0.2) is 4.98 Å².